The van der Waals surface area contributed by atoms with Gasteiger partial charge in [0.05, 0.1) is 18.8 Å². The molecule has 8 heteroatoms. The number of nitrogens with zero attached hydrogens (tertiary/aromatic N) is 4. The fourth-order valence-electron chi connectivity index (χ4n) is 3.70. The molecule has 0 amide bonds. The number of hydrazone groups is 1. The average molecular weight is 405 g/mol. The van der Waals surface area contributed by atoms with E-state index in [4.69, 9.17) is 0 Å². The highest BCUT2D eigenvalue weighted by atomic mass is 16.3. The molecule has 30 heavy (non-hydrogen) atoms. The number of aromatic hydroxyl groups is 1. The van der Waals surface area contributed by atoms with E-state index in [0.717, 1.165) is 41.5 Å². The summed E-state index contributed by atoms with van der Waals surface area (Å²) in [5, 5.41) is 17.1. The van der Waals surface area contributed by atoms with Crippen LogP contribution in [0.25, 0.3) is 0 Å². The highest BCUT2D eigenvalue weighted by Crippen LogP contribution is 2.30. The van der Waals surface area contributed by atoms with Gasteiger partial charge in [-0.1, -0.05) is 36.4 Å². The predicted molar refractivity (Wildman–Crippen MR) is 114 cm³/mol. The fourth-order valence-corrected chi connectivity index (χ4v) is 3.70. The van der Waals surface area contributed by atoms with Gasteiger partial charge in [-0.25, -0.2) is 4.79 Å². The first kappa shape index (κ1) is 19.6. The highest BCUT2D eigenvalue weighted by molar-refractivity contribution is 5.81. The molecular formula is C22H23N5O3. The summed E-state index contributed by atoms with van der Waals surface area (Å²) in [6.07, 6.45) is 7.89. The molecule has 2 N–H and O–H groups in total. The SMILES string of the molecule is O=c1[nH]c(=O)n(Cc2ccccc2)c(O)c1/C=N/N1CCCC[C@@H]1c1cccnc1. The van der Waals surface area contributed by atoms with Crippen LogP contribution in [0.1, 0.15) is 42.0 Å². The molecule has 1 aromatic carbocycles. The van der Waals surface area contributed by atoms with Crippen LogP contribution in [0, 0.1) is 0 Å². The number of hydrogen-bond donors (Lipinski definition) is 2. The Morgan fingerprint density at radius 3 is 2.77 bits per heavy atom. The van der Waals surface area contributed by atoms with Gasteiger partial charge in [0.25, 0.3) is 5.56 Å². The molecule has 0 unspecified atom stereocenters. The van der Waals surface area contributed by atoms with Gasteiger partial charge in [-0.05, 0) is 36.5 Å². The second-order valence-corrected chi connectivity index (χ2v) is 7.27. The molecule has 0 saturated carbocycles. The maximum absolute atomic E-state index is 12.3. The van der Waals surface area contributed by atoms with E-state index >= 15 is 0 Å². The van der Waals surface area contributed by atoms with Crippen LogP contribution < -0.4 is 11.2 Å². The van der Waals surface area contributed by atoms with Gasteiger partial charge in [0.2, 0.25) is 5.88 Å². The van der Waals surface area contributed by atoms with Crippen molar-refractivity contribution in [3.8, 4) is 5.88 Å². The van der Waals surface area contributed by atoms with Gasteiger partial charge in [-0.2, -0.15) is 5.10 Å². The van der Waals surface area contributed by atoms with Gasteiger partial charge in [-0.15, -0.1) is 0 Å². The molecule has 0 aliphatic carbocycles. The minimum atomic E-state index is -0.666. The molecule has 1 aliphatic heterocycles. The third kappa shape index (κ3) is 4.17. The van der Waals surface area contributed by atoms with Crippen LogP contribution in [-0.2, 0) is 6.54 Å². The summed E-state index contributed by atoms with van der Waals surface area (Å²) in [4.78, 5) is 31.0. The molecule has 4 rings (SSSR count). The number of hydrogen-bond acceptors (Lipinski definition) is 6. The molecule has 0 bridgehead atoms. The van der Waals surface area contributed by atoms with Gasteiger partial charge in [0.1, 0.15) is 5.56 Å². The molecule has 0 spiro atoms. The quantitative estimate of drug-likeness (QED) is 0.634. The lowest BCUT2D eigenvalue weighted by Gasteiger charge is -2.33. The zero-order chi connectivity index (χ0) is 20.9. The van der Waals surface area contributed by atoms with Crippen molar-refractivity contribution in [2.24, 2.45) is 5.10 Å². The average Bonchev–Trinajstić information content (AvgIpc) is 2.78. The summed E-state index contributed by atoms with van der Waals surface area (Å²) in [6, 6.07) is 13.2. The van der Waals surface area contributed by atoms with E-state index in [1.807, 2.05) is 53.7 Å². The Bertz CT molecular complexity index is 1140. The smallest absolute Gasteiger partial charge is 0.331 e. The first-order valence-electron chi connectivity index (χ1n) is 9.94. The Hall–Kier alpha value is -3.68. The Labute approximate surface area is 173 Å². The summed E-state index contributed by atoms with van der Waals surface area (Å²) >= 11 is 0. The molecule has 2 aromatic heterocycles. The van der Waals surface area contributed by atoms with Crippen molar-refractivity contribution in [3.05, 3.63) is 92.4 Å². The van der Waals surface area contributed by atoms with Crippen molar-refractivity contribution < 1.29 is 5.11 Å². The summed E-state index contributed by atoms with van der Waals surface area (Å²) < 4.78 is 1.13. The second kappa shape index (κ2) is 8.77. The van der Waals surface area contributed by atoms with Crippen LogP contribution in [0.2, 0.25) is 0 Å². The van der Waals surface area contributed by atoms with Crippen LogP contribution in [0.3, 0.4) is 0 Å². The summed E-state index contributed by atoms with van der Waals surface area (Å²) in [5.41, 5.74) is 0.519. The number of aromatic nitrogens is 3. The number of pyridine rings is 1. The van der Waals surface area contributed by atoms with E-state index in [9.17, 15) is 14.7 Å². The van der Waals surface area contributed by atoms with Crippen molar-refractivity contribution in [2.75, 3.05) is 6.54 Å². The molecule has 154 valence electrons. The van der Waals surface area contributed by atoms with Crippen LogP contribution in [-0.4, -0.2) is 37.4 Å². The zero-order valence-electron chi connectivity index (χ0n) is 16.4. The van der Waals surface area contributed by atoms with Crippen molar-refractivity contribution in [1.29, 1.82) is 0 Å². The third-order valence-electron chi connectivity index (χ3n) is 5.27. The number of piperidine rings is 1. The van der Waals surface area contributed by atoms with E-state index < -0.39 is 17.1 Å². The Morgan fingerprint density at radius 1 is 1.17 bits per heavy atom. The van der Waals surface area contributed by atoms with Crippen LogP contribution in [0.4, 0.5) is 0 Å². The van der Waals surface area contributed by atoms with Gasteiger partial charge in [0.15, 0.2) is 0 Å². The maximum Gasteiger partial charge on any atom is 0.331 e. The lowest BCUT2D eigenvalue weighted by atomic mass is 9.98. The fraction of sp³-hybridized carbons (Fsp3) is 0.273. The van der Waals surface area contributed by atoms with Crippen LogP contribution >= 0.6 is 0 Å². The number of benzene rings is 1. The molecule has 1 atom stereocenters. The number of H-pyrrole nitrogens is 1. The summed E-state index contributed by atoms with van der Waals surface area (Å²) in [6.45, 7) is 0.879. The Kier molecular flexibility index (Phi) is 5.74. The molecule has 8 nitrogen and oxygen atoms in total. The predicted octanol–water partition coefficient (Wildman–Crippen LogP) is 2.25. The second-order valence-electron chi connectivity index (χ2n) is 7.27. The molecule has 3 heterocycles. The van der Waals surface area contributed by atoms with Crippen molar-refractivity contribution in [3.63, 3.8) is 0 Å². The molecule has 1 saturated heterocycles. The topological polar surface area (TPSA) is 104 Å². The van der Waals surface area contributed by atoms with Gasteiger partial charge in [0, 0.05) is 18.9 Å². The van der Waals surface area contributed by atoms with Crippen molar-refractivity contribution >= 4 is 6.21 Å². The van der Waals surface area contributed by atoms with Crippen molar-refractivity contribution in [2.45, 2.75) is 31.8 Å². The van der Waals surface area contributed by atoms with E-state index in [-0.39, 0.29) is 18.2 Å². The summed E-state index contributed by atoms with van der Waals surface area (Å²) in [7, 11) is 0. The lowest BCUT2D eigenvalue weighted by molar-refractivity contribution is 0.156. The molecule has 3 aromatic rings. The van der Waals surface area contributed by atoms with Gasteiger partial charge in [-0.3, -0.25) is 24.3 Å². The van der Waals surface area contributed by atoms with E-state index in [1.165, 1.54) is 6.21 Å². The maximum atomic E-state index is 12.3. The normalized spacial score (nSPS) is 16.8. The molecule has 1 aliphatic rings. The minimum absolute atomic E-state index is 0.0407. The molecular weight excluding hydrogens is 382 g/mol. The first-order valence-corrected chi connectivity index (χ1v) is 9.94. The third-order valence-corrected chi connectivity index (χ3v) is 5.27. The number of nitrogens with one attached hydrogen (secondary N) is 1. The van der Waals surface area contributed by atoms with Crippen LogP contribution in [0.5, 0.6) is 5.88 Å². The Balaban J connectivity index is 1.65. The lowest BCUT2D eigenvalue weighted by Crippen LogP contribution is -2.33. The first-order chi connectivity index (χ1) is 14.6. The monoisotopic (exact) mass is 405 g/mol. The Morgan fingerprint density at radius 2 is 2.00 bits per heavy atom. The van der Waals surface area contributed by atoms with Crippen LogP contribution in [0.15, 0.2) is 69.5 Å². The minimum Gasteiger partial charge on any atom is -0.494 e. The van der Waals surface area contributed by atoms with Gasteiger partial charge < -0.3 is 5.11 Å². The molecule has 0 radical (unpaired) electrons. The van der Waals surface area contributed by atoms with Gasteiger partial charge >= 0.3 is 5.69 Å². The van der Waals surface area contributed by atoms with Crippen molar-refractivity contribution in [1.82, 2.24) is 19.5 Å². The standard InChI is InChI=1S/C22H23N5O3/c28-20-18(21(29)26(22(30)25-20)15-16-7-2-1-3-8-16)14-24-27-12-5-4-10-19(27)17-9-6-11-23-13-17/h1-3,6-9,11,13-14,19,29H,4-5,10,12,15H2,(H,25,28,30)/b24-14+/t19-/m1/s1. The largest absolute Gasteiger partial charge is 0.494 e. The number of aromatic amines is 1. The summed E-state index contributed by atoms with van der Waals surface area (Å²) in [5.74, 6) is -0.397. The van der Waals surface area contributed by atoms with E-state index in [0.29, 0.717) is 0 Å². The van der Waals surface area contributed by atoms with E-state index in [1.54, 1.807) is 6.20 Å². The highest BCUT2D eigenvalue weighted by Gasteiger charge is 2.23. The van der Waals surface area contributed by atoms with E-state index in [2.05, 4.69) is 15.1 Å². The molecule has 1 fully saturated rings. The zero-order valence-corrected chi connectivity index (χ0v) is 16.4. The number of rotatable bonds is 5.